The molecule has 2 aliphatic rings. The molecule has 1 aliphatic heterocycles. The quantitative estimate of drug-likeness (QED) is 0.496. The molecule has 0 spiro atoms. The fraction of sp³-hybridized carbons (Fsp3) is 0.520. The average Bonchev–Trinajstić information content (AvgIpc) is 3.36. The molecular weight excluding hydrogens is 439 g/mol. The Morgan fingerprint density at radius 3 is 2.58 bits per heavy atom. The lowest BCUT2D eigenvalue weighted by Crippen LogP contribution is -2.36. The maximum atomic E-state index is 14.7. The Balaban J connectivity index is 0.00000259. The zero-order chi connectivity index (χ0) is 22.2. The summed E-state index contributed by atoms with van der Waals surface area (Å²) in [5, 5.41) is 18.3. The first-order valence-electron chi connectivity index (χ1n) is 11.5. The third-order valence-corrected chi connectivity index (χ3v) is 7.85. The van der Waals surface area contributed by atoms with Crippen molar-refractivity contribution in [3.05, 3.63) is 40.7 Å². The first kappa shape index (κ1) is 23.7. The molecule has 0 radical (unpaired) electrons. The molecule has 0 atom stereocenters. The molecule has 5 rings (SSSR count). The Hall–Kier alpha value is -2.45. The molecule has 1 aromatic carbocycles. The van der Waals surface area contributed by atoms with Crippen LogP contribution in [0.1, 0.15) is 73.8 Å². The van der Waals surface area contributed by atoms with E-state index in [1.54, 1.807) is 12.1 Å². The number of aliphatic hydroxyl groups excluding tert-OH is 1. The number of carbonyl (C=O) groups excluding carboxylic acids is 1. The third-order valence-electron chi connectivity index (χ3n) is 6.72. The number of rotatable bonds is 4. The molecule has 3 heterocycles. The fourth-order valence-electron chi connectivity index (χ4n) is 4.90. The highest BCUT2D eigenvalue weighted by molar-refractivity contribution is 7.20. The average molecular weight is 473 g/mol. The Morgan fingerprint density at radius 1 is 1.15 bits per heavy atom. The number of fused-ring (bicyclic) bond motifs is 1. The molecule has 6 nitrogen and oxygen atoms in total. The number of halogens is 1. The lowest BCUT2D eigenvalue weighted by Gasteiger charge is -2.31. The Morgan fingerprint density at radius 2 is 1.88 bits per heavy atom. The lowest BCUT2D eigenvalue weighted by atomic mass is 9.96. The van der Waals surface area contributed by atoms with Gasteiger partial charge in [0, 0.05) is 24.2 Å². The number of hydrogen-bond acceptors (Lipinski definition) is 5. The summed E-state index contributed by atoms with van der Waals surface area (Å²) in [5.41, 5.74) is 1.90. The second-order valence-electron chi connectivity index (χ2n) is 8.99. The molecule has 178 valence electrons. The molecule has 1 saturated heterocycles. The topological polar surface area (TPSA) is 70.4 Å². The standard InChI is InChI=1S/C24H29FN4O2S.CH4/c1-15-19-14-22(32-24(19)29(27-15)17-5-3-2-4-6-17)23(31)26-16-7-8-21(20(25)13-16)28-11-9-18(30)10-12-28;/h7-8,13-14,17-18,30H,2-6,9-12H2,1H3,(H,26,31);1H4. The molecule has 0 unspecified atom stereocenters. The minimum atomic E-state index is -0.362. The van der Waals surface area contributed by atoms with Gasteiger partial charge >= 0.3 is 0 Å². The van der Waals surface area contributed by atoms with E-state index >= 15 is 0 Å². The van der Waals surface area contributed by atoms with E-state index in [0.717, 1.165) is 28.8 Å². The van der Waals surface area contributed by atoms with Gasteiger partial charge in [0.25, 0.3) is 5.91 Å². The highest BCUT2D eigenvalue weighted by Crippen LogP contribution is 2.36. The summed E-state index contributed by atoms with van der Waals surface area (Å²) in [6.45, 7) is 3.25. The monoisotopic (exact) mass is 472 g/mol. The number of nitrogens with one attached hydrogen (secondary N) is 1. The van der Waals surface area contributed by atoms with E-state index in [9.17, 15) is 14.3 Å². The van der Waals surface area contributed by atoms with Crippen molar-refractivity contribution in [1.82, 2.24) is 9.78 Å². The molecule has 8 heteroatoms. The van der Waals surface area contributed by atoms with Gasteiger partial charge in [0.2, 0.25) is 0 Å². The predicted octanol–water partition coefficient (Wildman–Crippen LogP) is 5.90. The highest BCUT2D eigenvalue weighted by atomic mass is 32.1. The third kappa shape index (κ3) is 4.77. The molecule has 2 aromatic heterocycles. The molecule has 3 aromatic rings. The summed E-state index contributed by atoms with van der Waals surface area (Å²) in [6, 6.07) is 7.14. The van der Waals surface area contributed by atoms with Crippen LogP contribution in [0.15, 0.2) is 24.3 Å². The summed E-state index contributed by atoms with van der Waals surface area (Å²) < 4.78 is 16.9. The molecule has 2 fully saturated rings. The van der Waals surface area contributed by atoms with Gasteiger partial charge in [0.1, 0.15) is 10.6 Å². The SMILES string of the molecule is C.Cc1nn(C2CCCCC2)c2sc(C(=O)Nc3ccc(N4CCC(O)CC4)c(F)c3)cc12. The zero-order valence-electron chi connectivity index (χ0n) is 18.3. The minimum absolute atomic E-state index is 0. The van der Waals surface area contributed by atoms with Crippen LogP contribution in [0.4, 0.5) is 15.8 Å². The van der Waals surface area contributed by atoms with E-state index in [4.69, 9.17) is 5.10 Å². The second kappa shape index (κ2) is 9.81. The van der Waals surface area contributed by atoms with Crippen molar-refractivity contribution in [1.29, 1.82) is 0 Å². The number of nitrogens with zero attached hydrogens (tertiary/aromatic N) is 3. The number of benzene rings is 1. The van der Waals surface area contributed by atoms with Gasteiger partial charge in [-0.1, -0.05) is 26.7 Å². The van der Waals surface area contributed by atoms with Crippen LogP contribution in [0.5, 0.6) is 0 Å². The minimum Gasteiger partial charge on any atom is -0.393 e. The molecule has 0 bridgehead atoms. The summed E-state index contributed by atoms with van der Waals surface area (Å²) in [4.78, 5) is 16.5. The van der Waals surface area contributed by atoms with Crippen LogP contribution in [0, 0.1) is 12.7 Å². The number of anilines is 2. The maximum Gasteiger partial charge on any atom is 0.265 e. The number of aliphatic hydroxyl groups is 1. The van der Waals surface area contributed by atoms with Crippen molar-refractivity contribution < 1.29 is 14.3 Å². The normalized spacial score (nSPS) is 17.8. The number of carbonyl (C=O) groups is 1. The predicted molar refractivity (Wildman–Crippen MR) is 133 cm³/mol. The van der Waals surface area contributed by atoms with E-state index < -0.39 is 0 Å². The van der Waals surface area contributed by atoms with Gasteiger partial charge in [-0.25, -0.2) is 4.39 Å². The molecular formula is C25H33FN4O2S. The smallest absolute Gasteiger partial charge is 0.265 e. The summed E-state index contributed by atoms with van der Waals surface area (Å²) in [7, 11) is 0. The summed E-state index contributed by atoms with van der Waals surface area (Å²) in [5.74, 6) is -0.589. The first-order chi connectivity index (χ1) is 15.5. The zero-order valence-corrected chi connectivity index (χ0v) is 19.1. The Labute approximate surface area is 198 Å². The first-order valence-corrected chi connectivity index (χ1v) is 12.3. The van der Waals surface area contributed by atoms with E-state index in [1.165, 1.54) is 36.7 Å². The van der Waals surface area contributed by atoms with Crippen LogP contribution in [0.3, 0.4) is 0 Å². The van der Waals surface area contributed by atoms with E-state index in [0.29, 0.717) is 48.2 Å². The van der Waals surface area contributed by atoms with Gasteiger partial charge in [-0.15, -0.1) is 11.3 Å². The molecule has 33 heavy (non-hydrogen) atoms. The van der Waals surface area contributed by atoms with Gasteiger partial charge in [0.15, 0.2) is 0 Å². The number of hydrogen-bond donors (Lipinski definition) is 2. The van der Waals surface area contributed by atoms with E-state index in [-0.39, 0.29) is 25.3 Å². The van der Waals surface area contributed by atoms with Crippen molar-refractivity contribution in [2.75, 3.05) is 23.3 Å². The van der Waals surface area contributed by atoms with Crippen LogP contribution in [-0.4, -0.2) is 40.0 Å². The molecule has 1 amide bonds. The highest BCUT2D eigenvalue weighted by Gasteiger charge is 2.23. The van der Waals surface area contributed by atoms with Crippen LogP contribution < -0.4 is 10.2 Å². The van der Waals surface area contributed by atoms with Crippen molar-refractivity contribution in [3.8, 4) is 0 Å². The van der Waals surface area contributed by atoms with Gasteiger partial charge in [-0.2, -0.15) is 5.10 Å². The second-order valence-corrected chi connectivity index (χ2v) is 10.0. The van der Waals surface area contributed by atoms with Crippen molar-refractivity contribution >= 4 is 38.8 Å². The number of piperidine rings is 1. The number of amides is 1. The number of aryl methyl sites for hydroxylation is 1. The molecule has 1 saturated carbocycles. The maximum absolute atomic E-state index is 14.7. The van der Waals surface area contributed by atoms with Crippen molar-refractivity contribution in [3.63, 3.8) is 0 Å². The van der Waals surface area contributed by atoms with E-state index in [1.807, 2.05) is 17.9 Å². The molecule has 1 aliphatic carbocycles. The van der Waals surface area contributed by atoms with Crippen LogP contribution >= 0.6 is 11.3 Å². The van der Waals surface area contributed by atoms with Gasteiger partial charge in [0.05, 0.1) is 28.4 Å². The van der Waals surface area contributed by atoms with Gasteiger partial charge < -0.3 is 15.3 Å². The Kier molecular flexibility index (Phi) is 7.05. The summed E-state index contributed by atoms with van der Waals surface area (Å²) >= 11 is 1.46. The number of aromatic nitrogens is 2. The largest absolute Gasteiger partial charge is 0.393 e. The lowest BCUT2D eigenvalue weighted by molar-refractivity contribution is 0.103. The van der Waals surface area contributed by atoms with Crippen molar-refractivity contribution in [2.45, 2.75) is 71.4 Å². The van der Waals surface area contributed by atoms with Gasteiger partial charge in [-0.05, 0) is 56.9 Å². The van der Waals surface area contributed by atoms with Crippen LogP contribution in [-0.2, 0) is 0 Å². The van der Waals surface area contributed by atoms with Crippen LogP contribution in [0.25, 0.3) is 10.2 Å². The Bertz CT molecular complexity index is 1130. The summed E-state index contributed by atoms with van der Waals surface area (Å²) in [6.07, 6.45) is 6.99. The fourth-order valence-corrected chi connectivity index (χ4v) is 6.03. The number of thiophene rings is 1. The van der Waals surface area contributed by atoms with E-state index in [2.05, 4.69) is 10.00 Å². The van der Waals surface area contributed by atoms with Crippen LogP contribution in [0.2, 0.25) is 0 Å². The molecule has 2 N–H and O–H groups in total. The van der Waals surface area contributed by atoms with Gasteiger partial charge in [-0.3, -0.25) is 9.48 Å². The van der Waals surface area contributed by atoms with Crippen molar-refractivity contribution in [2.24, 2.45) is 0 Å².